The second-order valence-electron chi connectivity index (χ2n) is 2.96. The zero-order chi connectivity index (χ0) is 8.69. The number of carbonyl (C=O) groups is 1. The zero-order valence-electron chi connectivity index (χ0n) is 7.60. The first kappa shape index (κ1) is 10.6. The van der Waals surface area contributed by atoms with E-state index >= 15 is 0 Å². The van der Waals surface area contributed by atoms with Crippen molar-refractivity contribution >= 4 is 5.78 Å². The third-order valence-corrected chi connectivity index (χ3v) is 2.21. The predicted molar refractivity (Wildman–Crippen MR) is 47.4 cm³/mol. The van der Waals surface area contributed by atoms with Crippen molar-refractivity contribution in [1.29, 1.82) is 0 Å². The lowest BCUT2D eigenvalue weighted by atomic mass is 9.96. The quantitative estimate of drug-likeness (QED) is 0.638. The van der Waals surface area contributed by atoms with E-state index < -0.39 is 0 Å². The first-order valence-electron chi connectivity index (χ1n) is 4.46. The maximum Gasteiger partial charge on any atom is 0.146 e. The van der Waals surface area contributed by atoms with Gasteiger partial charge >= 0.3 is 0 Å². The number of nitrogens with two attached hydrogens (primary N) is 1. The third kappa shape index (κ3) is 4.96. The number of hydrogen-bond donors (Lipinski definition) is 1. The molecule has 0 rings (SSSR count). The minimum Gasteiger partial charge on any atom is -0.324 e. The van der Waals surface area contributed by atoms with Crippen molar-refractivity contribution in [1.82, 2.24) is 0 Å². The van der Waals surface area contributed by atoms with Crippen LogP contribution in [0.5, 0.6) is 0 Å². The predicted octanol–water partition coefficient (Wildman–Crippen LogP) is 1.73. The number of ketones is 1. The molecule has 0 heterocycles. The summed E-state index contributed by atoms with van der Waals surface area (Å²) in [7, 11) is 0. The van der Waals surface area contributed by atoms with Gasteiger partial charge in [0.2, 0.25) is 0 Å². The molecular formula is C9H19NO. The molecule has 0 amide bonds. The van der Waals surface area contributed by atoms with E-state index in [1.54, 1.807) is 0 Å². The lowest BCUT2D eigenvalue weighted by Gasteiger charge is -2.09. The van der Waals surface area contributed by atoms with Gasteiger partial charge in [0.05, 0.1) is 6.54 Å². The standard InChI is InChI=1S/C9H19NO/c1-3-8(4-2)5-6-9(11)7-10/h8H,3-7,10H2,1-2H3. The van der Waals surface area contributed by atoms with Gasteiger partial charge < -0.3 is 5.73 Å². The summed E-state index contributed by atoms with van der Waals surface area (Å²) in [5.41, 5.74) is 5.19. The van der Waals surface area contributed by atoms with E-state index in [4.69, 9.17) is 5.73 Å². The van der Waals surface area contributed by atoms with E-state index in [-0.39, 0.29) is 12.3 Å². The summed E-state index contributed by atoms with van der Waals surface area (Å²) >= 11 is 0. The van der Waals surface area contributed by atoms with Crippen LogP contribution in [0.2, 0.25) is 0 Å². The van der Waals surface area contributed by atoms with Gasteiger partial charge in [0.1, 0.15) is 5.78 Å². The van der Waals surface area contributed by atoms with Crippen molar-refractivity contribution in [2.24, 2.45) is 11.7 Å². The zero-order valence-corrected chi connectivity index (χ0v) is 7.60. The maximum atomic E-state index is 10.8. The number of rotatable bonds is 6. The Hall–Kier alpha value is -0.370. The molecule has 11 heavy (non-hydrogen) atoms. The Balaban J connectivity index is 3.42. The highest BCUT2D eigenvalue weighted by Gasteiger charge is 2.05. The molecule has 0 aromatic carbocycles. The molecule has 2 nitrogen and oxygen atoms in total. The highest BCUT2D eigenvalue weighted by atomic mass is 16.1. The van der Waals surface area contributed by atoms with Gasteiger partial charge in [-0.1, -0.05) is 26.7 Å². The minimum atomic E-state index is 0.192. The molecular weight excluding hydrogens is 138 g/mol. The Morgan fingerprint density at radius 3 is 2.27 bits per heavy atom. The smallest absolute Gasteiger partial charge is 0.146 e. The van der Waals surface area contributed by atoms with E-state index in [1.165, 1.54) is 12.8 Å². The van der Waals surface area contributed by atoms with Crippen LogP contribution in [0.25, 0.3) is 0 Å². The summed E-state index contributed by atoms with van der Waals surface area (Å²) in [6, 6.07) is 0. The molecule has 66 valence electrons. The molecule has 0 spiro atoms. The highest BCUT2D eigenvalue weighted by molar-refractivity contribution is 5.80. The average molecular weight is 157 g/mol. The van der Waals surface area contributed by atoms with E-state index in [9.17, 15) is 4.79 Å². The van der Waals surface area contributed by atoms with Crippen LogP contribution >= 0.6 is 0 Å². The molecule has 0 aliphatic heterocycles. The Bertz CT molecular complexity index is 108. The van der Waals surface area contributed by atoms with Crippen molar-refractivity contribution < 1.29 is 4.79 Å². The van der Waals surface area contributed by atoms with Crippen LogP contribution in [-0.2, 0) is 4.79 Å². The molecule has 0 aromatic rings. The van der Waals surface area contributed by atoms with Crippen molar-refractivity contribution in [2.75, 3.05) is 6.54 Å². The fraction of sp³-hybridized carbons (Fsp3) is 0.889. The summed E-state index contributed by atoms with van der Waals surface area (Å²) in [4.78, 5) is 10.8. The molecule has 0 atom stereocenters. The summed E-state index contributed by atoms with van der Waals surface area (Å²) in [6.45, 7) is 4.54. The summed E-state index contributed by atoms with van der Waals surface area (Å²) < 4.78 is 0. The lowest BCUT2D eigenvalue weighted by Crippen LogP contribution is -2.14. The first-order chi connectivity index (χ1) is 5.24. The Kier molecular flexibility index (Phi) is 6.13. The van der Waals surface area contributed by atoms with E-state index in [0.29, 0.717) is 12.3 Å². The van der Waals surface area contributed by atoms with Gasteiger partial charge in [0.15, 0.2) is 0 Å². The number of carbonyl (C=O) groups excluding carboxylic acids is 1. The van der Waals surface area contributed by atoms with Crippen molar-refractivity contribution in [3.8, 4) is 0 Å². The van der Waals surface area contributed by atoms with Gasteiger partial charge in [-0.05, 0) is 12.3 Å². The van der Waals surface area contributed by atoms with Gasteiger partial charge in [0.25, 0.3) is 0 Å². The molecule has 2 N–H and O–H groups in total. The Morgan fingerprint density at radius 1 is 1.36 bits per heavy atom. The molecule has 0 unspecified atom stereocenters. The number of Topliss-reactive ketones (excluding diaryl/α,β-unsaturated/α-hetero) is 1. The molecule has 0 radical (unpaired) electrons. The maximum absolute atomic E-state index is 10.8. The summed E-state index contributed by atoms with van der Waals surface area (Å²) in [6.07, 6.45) is 4.04. The molecule has 0 aliphatic rings. The minimum absolute atomic E-state index is 0.192. The largest absolute Gasteiger partial charge is 0.324 e. The topological polar surface area (TPSA) is 43.1 Å². The molecule has 0 saturated carbocycles. The molecule has 0 aliphatic carbocycles. The lowest BCUT2D eigenvalue weighted by molar-refractivity contribution is -0.118. The SMILES string of the molecule is CCC(CC)CCC(=O)CN. The molecule has 0 saturated heterocycles. The average Bonchev–Trinajstić information content (AvgIpc) is 2.06. The van der Waals surface area contributed by atoms with Crippen molar-refractivity contribution in [3.05, 3.63) is 0 Å². The van der Waals surface area contributed by atoms with E-state index in [0.717, 1.165) is 6.42 Å². The Labute approximate surface area is 69.2 Å². The van der Waals surface area contributed by atoms with E-state index in [1.807, 2.05) is 0 Å². The number of hydrogen-bond acceptors (Lipinski definition) is 2. The highest BCUT2D eigenvalue weighted by Crippen LogP contribution is 2.14. The molecule has 0 fully saturated rings. The second-order valence-corrected chi connectivity index (χ2v) is 2.96. The third-order valence-electron chi connectivity index (χ3n) is 2.21. The summed E-state index contributed by atoms with van der Waals surface area (Å²) in [5.74, 6) is 0.905. The van der Waals surface area contributed by atoms with Crippen LogP contribution in [0.1, 0.15) is 39.5 Å². The normalized spacial score (nSPS) is 10.5. The monoisotopic (exact) mass is 157 g/mol. The van der Waals surface area contributed by atoms with E-state index in [2.05, 4.69) is 13.8 Å². The van der Waals surface area contributed by atoms with Gasteiger partial charge in [0, 0.05) is 6.42 Å². The van der Waals surface area contributed by atoms with Crippen molar-refractivity contribution in [3.63, 3.8) is 0 Å². The van der Waals surface area contributed by atoms with Crippen LogP contribution in [0, 0.1) is 5.92 Å². The van der Waals surface area contributed by atoms with Crippen LogP contribution in [0.3, 0.4) is 0 Å². The summed E-state index contributed by atoms with van der Waals surface area (Å²) in [5, 5.41) is 0. The Morgan fingerprint density at radius 2 is 1.91 bits per heavy atom. The van der Waals surface area contributed by atoms with Crippen LogP contribution in [0.4, 0.5) is 0 Å². The van der Waals surface area contributed by atoms with Gasteiger partial charge in [-0.25, -0.2) is 0 Å². The molecule has 0 aromatic heterocycles. The molecule has 2 heteroatoms. The fourth-order valence-corrected chi connectivity index (χ4v) is 1.16. The van der Waals surface area contributed by atoms with Gasteiger partial charge in [-0.2, -0.15) is 0 Å². The van der Waals surface area contributed by atoms with Gasteiger partial charge in [-0.15, -0.1) is 0 Å². The van der Waals surface area contributed by atoms with Crippen LogP contribution in [-0.4, -0.2) is 12.3 Å². The first-order valence-corrected chi connectivity index (χ1v) is 4.46. The fourth-order valence-electron chi connectivity index (χ4n) is 1.16. The van der Waals surface area contributed by atoms with Crippen LogP contribution < -0.4 is 5.73 Å². The van der Waals surface area contributed by atoms with Gasteiger partial charge in [-0.3, -0.25) is 4.79 Å². The van der Waals surface area contributed by atoms with Crippen LogP contribution in [0.15, 0.2) is 0 Å². The second kappa shape index (κ2) is 6.35. The molecule has 0 bridgehead atoms. The van der Waals surface area contributed by atoms with Crippen molar-refractivity contribution in [2.45, 2.75) is 39.5 Å².